The quantitative estimate of drug-likeness (QED) is 0.503. The van der Waals surface area contributed by atoms with Gasteiger partial charge in [0.25, 0.3) is 0 Å². The van der Waals surface area contributed by atoms with Crippen LogP contribution in [-0.2, 0) is 21.1 Å². The van der Waals surface area contributed by atoms with Crippen LogP contribution in [0.15, 0.2) is 36.9 Å². The van der Waals surface area contributed by atoms with Gasteiger partial charge in [0.2, 0.25) is 11.8 Å². The van der Waals surface area contributed by atoms with Crippen molar-refractivity contribution in [3.8, 4) is 0 Å². The number of hydrogen-bond donors (Lipinski definition) is 2. The Morgan fingerprint density at radius 2 is 2.15 bits per heavy atom. The van der Waals surface area contributed by atoms with Gasteiger partial charge in [-0.3, -0.25) is 14.4 Å². The van der Waals surface area contributed by atoms with Gasteiger partial charge < -0.3 is 20.0 Å². The number of likely N-dealkylation sites (tertiary alicyclic amines) is 1. The van der Waals surface area contributed by atoms with Crippen LogP contribution in [-0.4, -0.2) is 88.5 Å². The summed E-state index contributed by atoms with van der Waals surface area (Å²) in [4.78, 5) is 42.9. The van der Waals surface area contributed by atoms with Gasteiger partial charge in [-0.25, -0.2) is 4.68 Å². The summed E-state index contributed by atoms with van der Waals surface area (Å²) >= 11 is 1.50. The standard InChI is InChI=1S/C23H27N5O5S/c1-2-10-26(13-28-15-7-4-3-6-14(15)24-25-28)21(31)19-23-9-8-16(34-23)17(22(32)33)18(23)20(30)27(19)11-5-12-29/h2-4,6-7,16-19,29H,1,5,8-13H2,(H,32,33)/t16-,17+,18-,19?,23?/m0/s1. The number of carbonyl (C=O) groups excluding carboxylic acids is 2. The topological polar surface area (TPSA) is 129 Å². The summed E-state index contributed by atoms with van der Waals surface area (Å²) in [6, 6.07) is 6.65. The van der Waals surface area contributed by atoms with E-state index < -0.39 is 28.6 Å². The van der Waals surface area contributed by atoms with Crippen molar-refractivity contribution in [2.75, 3.05) is 19.7 Å². The maximum atomic E-state index is 14.1. The molecule has 11 heteroatoms. The number of aliphatic hydroxyl groups is 1. The lowest BCUT2D eigenvalue weighted by Crippen LogP contribution is -2.55. The third kappa shape index (κ3) is 3.32. The second kappa shape index (κ2) is 8.70. The van der Waals surface area contributed by atoms with Crippen molar-refractivity contribution in [2.24, 2.45) is 11.8 Å². The number of nitrogens with zero attached hydrogens (tertiary/aromatic N) is 5. The molecule has 10 nitrogen and oxygen atoms in total. The molecule has 0 saturated carbocycles. The van der Waals surface area contributed by atoms with Crippen LogP contribution < -0.4 is 0 Å². The molecular weight excluding hydrogens is 458 g/mol. The van der Waals surface area contributed by atoms with Gasteiger partial charge in [0.05, 0.1) is 22.1 Å². The minimum Gasteiger partial charge on any atom is -0.481 e. The molecule has 3 aliphatic heterocycles. The number of hydrogen-bond acceptors (Lipinski definition) is 7. The molecule has 1 aromatic carbocycles. The first-order valence-corrected chi connectivity index (χ1v) is 12.3. The maximum absolute atomic E-state index is 14.1. The van der Waals surface area contributed by atoms with Crippen LogP contribution in [0.4, 0.5) is 0 Å². The van der Waals surface area contributed by atoms with Gasteiger partial charge in [0.1, 0.15) is 18.2 Å². The summed E-state index contributed by atoms with van der Waals surface area (Å²) < 4.78 is 0.862. The lowest BCUT2D eigenvalue weighted by Gasteiger charge is -2.37. The SMILES string of the molecule is C=CCN(Cn1nnc2ccccc21)C(=O)C1N(CCCO)C(=O)[C@@H]2[C@H](C(=O)O)[C@@H]3CCC12S3. The number of aliphatic hydroxyl groups excluding tert-OH is 1. The van der Waals surface area contributed by atoms with E-state index in [1.165, 1.54) is 16.7 Å². The summed E-state index contributed by atoms with van der Waals surface area (Å²) in [6.07, 6.45) is 3.22. The Morgan fingerprint density at radius 3 is 2.88 bits per heavy atom. The molecule has 2 N–H and O–H groups in total. The van der Waals surface area contributed by atoms with E-state index in [2.05, 4.69) is 16.9 Å². The van der Waals surface area contributed by atoms with Gasteiger partial charge in [-0.15, -0.1) is 23.4 Å². The van der Waals surface area contributed by atoms with Crippen molar-refractivity contribution in [2.45, 2.75) is 42.0 Å². The summed E-state index contributed by atoms with van der Waals surface area (Å²) in [5, 5.41) is 27.5. The molecule has 5 rings (SSSR count). The Labute approximate surface area is 200 Å². The molecule has 3 aliphatic rings. The van der Waals surface area contributed by atoms with Crippen LogP contribution in [0.1, 0.15) is 19.3 Å². The normalized spacial score (nSPS) is 29.6. The average molecular weight is 486 g/mol. The molecule has 1 spiro atoms. The smallest absolute Gasteiger partial charge is 0.308 e. The number of carboxylic acid groups (broad SMARTS) is 1. The molecule has 0 radical (unpaired) electrons. The van der Waals surface area contributed by atoms with Crippen LogP contribution in [0.25, 0.3) is 11.0 Å². The van der Waals surface area contributed by atoms with Crippen molar-refractivity contribution in [1.82, 2.24) is 24.8 Å². The number of aromatic nitrogens is 3. The lowest BCUT2D eigenvalue weighted by molar-refractivity contribution is -0.148. The number of carboxylic acids is 1. The Kier molecular flexibility index (Phi) is 5.85. The highest BCUT2D eigenvalue weighted by Crippen LogP contribution is 2.66. The predicted octanol–water partition coefficient (Wildman–Crippen LogP) is 0.962. The molecule has 5 atom stereocenters. The Morgan fingerprint density at radius 1 is 1.35 bits per heavy atom. The van der Waals surface area contributed by atoms with Gasteiger partial charge in [-0.1, -0.05) is 23.4 Å². The summed E-state index contributed by atoms with van der Waals surface area (Å²) in [7, 11) is 0. The minimum atomic E-state index is -0.982. The zero-order valence-electron chi connectivity index (χ0n) is 18.6. The lowest BCUT2D eigenvalue weighted by atomic mass is 9.71. The molecule has 4 heterocycles. The number of amides is 2. The van der Waals surface area contributed by atoms with Crippen LogP contribution in [0.5, 0.6) is 0 Å². The van der Waals surface area contributed by atoms with E-state index in [4.69, 9.17) is 0 Å². The highest BCUT2D eigenvalue weighted by molar-refractivity contribution is 8.02. The Balaban J connectivity index is 1.51. The minimum absolute atomic E-state index is 0.123. The third-order valence-corrected chi connectivity index (χ3v) is 9.21. The molecule has 2 bridgehead atoms. The number of thioether (sulfide) groups is 1. The van der Waals surface area contributed by atoms with Crippen LogP contribution in [0.2, 0.25) is 0 Å². The summed E-state index contributed by atoms with van der Waals surface area (Å²) in [6.45, 7) is 4.24. The van der Waals surface area contributed by atoms with Crippen molar-refractivity contribution in [3.63, 3.8) is 0 Å². The molecule has 3 fully saturated rings. The molecule has 2 unspecified atom stereocenters. The molecule has 3 saturated heterocycles. The van der Waals surface area contributed by atoms with Crippen molar-refractivity contribution in [1.29, 1.82) is 0 Å². The van der Waals surface area contributed by atoms with Crippen LogP contribution in [0.3, 0.4) is 0 Å². The first kappa shape index (κ1) is 22.9. The fourth-order valence-electron chi connectivity index (χ4n) is 5.93. The summed E-state index contributed by atoms with van der Waals surface area (Å²) in [5.41, 5.74) is 1.49. The number of rotatable bonds is 9. The number of fused-ring (bicyclic) bond motifs is 2. The predicted molar refractivity (Wildman–Crippen MR) is 125 cm³/mol. The molecule has 1 aromatic heterocycles. The molecule has 2 aromatic rings. The zero-order valence-corrected chi connectivity index (χ0v) is 19.4. The largest absolute Gasteiger partial charge is 0.481 e. The highest BCUT2D eigenvalue weighted by Gasteiger charge is 2.73. The van der Waals surface area contributed by atoms with E-state index in [0.29, 0.717) is 24.8 Å². The van der Waals surface area contributed by atoms with E-state index in [1.54, 1.807) is 15.7 Å². The van der Waals surface area contributed by atoms with Crippen molar-refractivity contribution >= 4 is 40.6 Å². The maximum Gasteiger partial charge on any atom is 0.308 e. The fraction of sp³-hybridized carbons (Fsp3) is 0.522. The Hall–Kier alpha value is -2.92. The first-order chi connectivity index (χ1) is 16.4. The van der Waals surface area contributed by atoms with E-state index >= 15 is 0 Å². The highest BCUT2D eigenvalue weighted by atomic mass is 32.2. The van der Waals surface area contributed by atoms with Gasteiger partial charge >= 0.3 is 5.97 Å². The van der Waals surface area contributed by atoms with E-state index in [1.807, 2.05) is 24.3 Å². The van der Waals surface area contributed by atoms with Gasteiger partial charge in [0.15, 0.2) is 0 Å². The van der Waals surface area contributed by atoms with Crippen molar-refractivity contribution < 1.29 is 24.6 Å². The molecule has 34 heavy (non-hydrogen) atoms. The second-order valence-corrected chi connectivity index (χ2v) is 10.7. The number of carbonyl (C=O) groups is 3. The monoisotopic (exact) mass is 485 g/mol. The first-order valence-electron chi connectivity index (χ1n) is 11.4. The van der Waals surface area contributed by atoms with Crippen molar-refractivity contribution in [3.05, 3.63) is 36.9 Å². The second-order valence-electron chi connectivity index (χ2n) is 9.07. The molecule has 180 valence electrons. The van der Waals surface area contributed by atoms with Gasteiger partial charge in [0, 0.05) is 24.9 Å². The number of aliphatic carboxylic acids is 1. The van der Waals surface area contributed by atoms with Crippen LogP contribution in [0, 0.1) is 11.8 Å². The molecule has 0 aliphatic carbocycles. The molecule has 2 amide bonds. The van der Waals surface area contributed by atoms with E-state index in [9.17, 15) is 24.6 Å². The van der Waals surface area contributed by atoms with Crippen LogP contribution >= 0.6 is 11.8 Å². The third-order valence-electron chi connectivity index (χ3n) is 7.26. The van der Waals surface area contributed by atoms with E-state index in [-0.39, 0.29) is 43.4 Å². The van der Waals surface area contributed by atoms with E-state index in [0.717, 1.165) is 5.52 Å². The number of para-hydroxylation sites is 1. The van der Waals surface area contributed by atoms with Gasteiger partial charge in [-0.2, -0.15) is 0 Å². The average Bonchev–Trinajstić information content (AvgIpc) is 3.56. The molecular formula is C23H27N5O5S. The zero-order chi connectivity index (χ0) is 24.0. The number of benzene rings is 1. The summed E-state index contributed by atoms with van der Waals surface area (Å²) in [5.74, 6) is -3.07. The Bertz CT molecular complexity index is 1150. The van der Waals surface area contributed by atoms with Gasteiger partial charge in [-0.05, 0) is 31.4 Å². The fourth-order valence-corrected chi connectivity index (χ4v) is 8.13.